The summed E-state index contributed by atoms with van der Waals surface area (Å²) in [6.07, 6.45) is 0.499. The van der Waals surface area contributed by atoms with Gasteiger partial charge in [0.1, 0.15) is 11.6 Å². The Labute approximate surface area is 135 Å². The molecule has 5 heteroatoms. The van der Waals surface area contributed by atoms with Crippen LogP contribution < -0.4 is 5.73 Å². The number of carbonyl (C=O) groups excluding carboxylic acids is 1. The fourth-order valence-electron chi connectivity index (χ4n) is 2.12. The van der Waals surface area contributed by atoms with Crippen LogP contribution in [-0.2, 0) is 22.5 Å². The van der Waals surface area contributed by atoms with Gasteiger partial charge in [-0.3, -0.25) is 0 Å². The van der Waals surface area contributed by atoms with Gasteiger partial charge in [-0.1, -0.05) is 41.1 Å². The molecule has 0 bridgehead atoms. The van der Waals surface area contributed by atoms with Gasteiger partial charge in [0.2, 0.25) is 0 Å². The lowest BCUT2D eigenvalue weighted by Gasteiger charge is -2.06. The zero-order valence-corrected chi connectivity index (χ0v) is 13.2. The molecule has 0 spiro atoms. The van der Waals surface area contributed by atoms with Crippen LogP contribution in [0.4, 0.5) is 0 Å². The molecule has 0 radical (unpaired) electrons. The Morgan fingerprint density at radius 1 is 1.13 bits per heavy atom. The van der Waals surface area contributed by atoms with Crippen molar-refractivity contribution >= 4 is 11.8 Å². The largest absolute Gasteiger partial charge is 0.508 e. The second-order valence-corrected chi connectivity index (χ2v) is 5.50. The molecule has 0 fully saturated rings. The average molecular weight is 312 g/mol. The second-order valence-electron chi connectivity index (χ2n) is 5.50. The molecular weight excluding hydrogens is 292 g/mol. The molecule has 23 heavy (non-hydrogen) atoms. The van der Waals surface area contributed by atoms with Crippen molar-refractivity contribution in [3.63, 3.8) is 0 Å². The molecule has 0 atom stereocenters. The molecule has 2 aromatic carbocycles. The van der Waals surface area contributed by atoms with Gasteiger partial charge in [0.15, 0.2) is 0 Å². The number of aromatic hydroxyl groups is 1. The first-order valence-corrected chi connectivity index (χ1v) is 7.30. The third kappa shape index (κ3) is 5.14. The highest BCUT2D eigenvalue weighted by molar-refractivity contribution is 5.83. The molecular formula is C18H20N2O3. The molecule has 5 nitrogen and oxygen atoms in total. The molecule has 0 aliphatic heterocycles. The second kappa shape index (κ2) is 7.45. The minimum atomic E-state index is -0.459. The number of phenolic OH excluding ortho intramolecular Hbond substituents is 1. The fraction of sp³-hybridized carbons (Fsp3) is 0.222. The summed E-state index contributed by atoms with van der Waals surface area (Å²) >= 11 is 0. The SMILES string of the molecule is Cc1ccc(CC(=O)O/N=C(\N)Cc2ccc(O)cc2C)cc1. The lowest BCUT2D eigenvalue weighted by molar-refractivity contribution is -0.142. The van der Waals surface area contributed by atoms with E-state index in [1.807, 2.05) is 38.1 Å². The summed E-state index contributed by atoms with van der Waals surface area (Å²) in [5, 5.41) is 13.1. The van der Waals surface area contributed by atoms with Crippen LogP contribution in [0.1, 0.15) is 22.3 Å². The van der Waals surface area contributed by atoms with E-state index < -0.39 is 5.97 Å². The number of phenols is 1. The monoisotopic (exact) mass is 312 g/mol. The molecule has 2 rings (SSSR count). The summed E-state index contributed by atoms with van der Waals surface area (Å²) in [4.78, 5) is 16.6. The van der Waals surface area contributed by atoms with Crippen LogP contribution in [-0.4, -0.2) is 16.9 Å². The van der Waals surface area contributed by atoms with Crippen LogP contribution in [0.3, 0.4) is 0 Å². The first kappa shape index (κ1) is 16.5. The molecule has 3 N–H and O–H groups in total. The summed E-state index contributed by atoms with van der Waals surface area (Å²) in [6, 6.07) is 12.6. The highest BCUT2D eigenvalue weighted by Gasteiger charge is 2.07. The molecule has 120 valence electrons. The van der Waals surface area contributed by atoms with Crippen molar-refractivity contribution in [1.29, 1.82) is 0 Å². The maximum atomic E-state index is 11.7. The van der Waals surface area contributed by atoms with Crippen LogP contribution >= 0.6 is 0 Å². The minimum Gasteiger partial charge on any atom is -0.508 e. The van der Waals surface area contributed by atoms with Crippen molar-refractivity contribution in [2.75, 3.05) is 0 Å². The van der Waals surface area contributed by atoms with E-state index >= 15 is 0 Å². The van der Waals surface area contributed by atoms with Crippen LogP contribution in [0.2, 0.25) is 0 Å². The van der Waals surface area contributed by atoms with Gasteiger partial charge in [-0.2, -0.15) is 0 Å². The number of hydrogen-bond acceptors (Lipinski definition) is 4. The lowest BCUT2D eigenvalue weighted by Crippen LogP contribution is -2.17. The highest BCUT2D eigenvalue weighted by atomic mass is 16.7. The van der Waals surface area contributed by atoms with Crippen LogP contribution in [0.15, 0.2) is 47.6 Å². The van der Waals surface area contributed by atoms with Gasteiger partial charge in [-0.15, -0.1) is 0 Å². The summed E-state index contributed by atoms with van der Waals surface area (Å²) in [6.45, 7) is 3.85. The zero-order valence-electron chi connectivity index (χ0n) is 13.2. The Bertz CT molecular complexity index is 722. The molecule has 0 heterocycles. The topological polar surface area (TPSA) is 84.9 Å². The number of carbonyl (C=O) groups is 1. The highest BCUT2D eigenvalue weighted by Crippen LogP contribution is 2.16. The molecule has 0 aliphatic carbocycles. The molecule has 0 amide bonds. The molecule has 0 unspecified atom stereocenters. The average Bonchev–Trinajstić information content (AvgIpc) is 2.50. The number of aryl methyl sites for hydroxylation is 2. The van der Waals surface area contributed by atoms with E-state index in [4.69, 9.17) is 10.6 Å². The molecule has 0 aliphatic rings. The number of nitrogens with two attached hydrogens (primary N) is 1. The van der Waals surface area contributed by atoms with Crippen LogP contribution in [0, 0.1) is 13.8 Å². The number of benzene rings is 2. The van der Waals surface area contributed by atoms with E-state index in [-0.39, 0.29) is 18.0 Å². The Kier molecular flexibility index (Phi) is 5.36. The molecule has 2 aromatic rings. The van der Waals surface area contributed by atoms with Crippen LogP contribution in [0.5, 0.6) is 5.75 Å². The Balaban J connectivity index is 1.90. The third-order valence-corrected chi connectivity index (χ3v) is 3.43. The Hall–Kier alpha value is -2.82. The number of hydrogen-bond donors (Lipinski definition) is 2. The predicted octanol–water partition coefficient (Wildman–Crippen LogP) is 2.61. The van der Waals surface area contributed by atoms with Gasteiger partial charge < -0.3 is 15.7 Å². The number of rotatable bonds is 5. The van der Waals surface area contributed by atoms with Crippen molar-refractivity contribution in [1.82, 2.24) is 0 Å². The maximum absolute atomic E-state index is 11.7. The third-order valence-electron chi connectivity index (χ3n) is 3.43. The van der Waals surface area contributed by atoms with Crippen molar-refractivity contribution < 1.29 is 14.7 Å². The van der Waals surface area contributed by atoms with Gasteiger partial charge in [0, 0.05) is 6.42 Å². The number of nitrogens with zero attached hydrogens (tertiary/aromatic N) is 1. The van der Waals surface area contributed by atoms with Crippen LogP contribution in [0.25, 0.3) is 0 Å². The normalized spacial score (nSPS) is 11.3. The first-order valence-electron chi connectivity index (χ1n) is 7.30. The van der Waals surface area contributed by atoms with Crippen molar-refractivity contribution in [3.8, 4) is 5.75 Å². The number of amidine groups is 1. The summed E-state index contributed by atoms with van der Waals surface area (Å²) < 4.78 is 0. The maximum Gasteiger partial charge on any atom is 0.339 e. The summed E-state index contributed by atoms with van der Waals surface area (Å²) in [7, 11) is 0. The molecule has 0 saturated carbocycles. The van der Waals surface area contributed by atoms with Crippen molar-refractivity contribution in [2.24, 2.45) is 10.9 Å². The van der Waals surface area contributed by atoms with Gasteiger partial charge in [0.05, 0.1) is 6.42 Å². The standard InChI is InChI=1S/C18H20N2O3/c1-12-3-5-14(6-4-12)10-18(22)23-20-17(19)11-15-7-8-16(21)9-13(15)2/h3-9,21H,10-11H2,1-2H3,(H2,19,20). The number of oxime groups is 1. The van der Waals surface area contributed by atoms with Gasteiger partial charge >= 0.3 is 5.97 Å². The van der Waals surface area contributed by atoms with E-state index in [1.165, 1.54) is 0 Å². The lowest BCUT2D eigenvalue weighted by atomic mass is 10.1. The zero-order chi connectivity index (χ0) is 16.8. The van der Waals surface area contributed by atoms with E-state index in [9.17, 15) is 9.90 Å². The van der Waals surface area contributed by atoms with E-state index in [2.05, 4.69) is 5.16 Å². The van der Waals surface area contributed by atoms with Gasteiger partial charge in [-0.05, 0) is 42.7 Å². The van der Waals surface area contributed by atoms with Crippen molar-refractivity contribution in [3.05, 3.63) is 64.7 Å². The Morgan fingerprint density at radius 2 is 1.83 bits per heavy atom. The smallest absolute Gasteiger partial charge is 0.339 e. The summed E-state index contributed by atoms with van der Waals surface area (Å²) in [5.74, 6) is -0.0541. The van der Waals surface area contributed by atoms with E-state index in [1.54, 1.807) is 18.2 Å². The van der Waals surface area contributed by atoms with E-state index in [0.29, 0.717) is 6.42 Å². The van der Waals surface area contributed by atoms with Gasteiger partial charge in [-0.25, -0.2) is 4.79 Å². The quantitative estimate of drug-likeness (QED) is 0.385. The van der Waals surface area contributed by atoms with Gasteiger partial charge in [0.25, 0.3) is 0 Å². The molecule has 0 aromatic heterocycles. The summed E-state index contributed by atoms with van der Waals surface area (Å²) in [5.41, 5.74) is 9.59. The Morgan fingerprint density at radius 3 is 2.48 bits per heavy atom. The fourth-order valence-corrected chi connectivity index (χ4v) is 2.12. The predicted molar refractivity (Wildman–Crippen MR) is 89.1 cm³/mol. The first-order chi connectivity index (χ1) is 10.9. The minimum absolute atomic E-state index is 0.148. The van der Waals surface area contributed by atoms with Crippen molar-refractivity contribution in [2.45, 2.75) is 26.7 Å². The molecule has 0 saturated heterocycles. The van der Waals surface area contributed by atoms with E-state index in [0.717, 1.165) is 22.3 Å².